The molecule has 1 saturated heterocycles. The third kappa shape index (κ3) is 7.98. The monoisotopic (exact) mass is 887 g/mol. The molecule has 326 valence electrons. The first-order valence-corrected chi connectivity index (χ1v) is 23.9. The van der Waals surface area contributed by atoms with E-state index in [1.54, 1.807) is 48.6 Å². The maximum absolute atomic E-state index is 14.4. The summed E-state index contributed by atoms with van der Waals surface area (Å²) in [6, 6.07) is 15.4. The Morgan fingerprint density at radius 2 is 1.63 bits per heavy atom. The van der Waals surface area contributed by atoms with E-state index in [-0.39, 0.29) is 21.9 Å². The van der Waals surface area contributed by atoms with Gasteiger partial charge in [0.05, 0.1) is 17.0 Å². The molecule has 0 spiro atoms. The number of pyridine rings is 2. The topological polar surface area (TPSA) is 201 Å². The lowest BCUT2D eigenvalue weighted by Gasteiger charge is -2.56. The Morgan fingerprint density at radius 3 is 2.30 bits per heavy atom. The van der Waals surface area contributed by atoms with Crippen molar-refractivity contribution in [1.29, 1.82) is 0 Å². The molecule has 5 fully saturated rings. The summed E-state index contributed by atoms with van der Waals surface area (Å²) in [6.07, 6.45) is 12.2. The number of fused-ring (bicyclic) bond motifs is 1. The number of aliphatic carboxylic acids is 1. The van der Waals surface area contributed by atoms with Crippen LogP contribution in [0.2, 0.25) is 0 Å². The Labute approximate surface area is 369 Å². The Morgan fingerprint density at radius 1 is 0.921 bits per heavy atom. The number of rotatable bonds is 12. The number of anilines is 5. The van der Waals surface area contributed by atoms with Crippen molar-refractivity contribution in [3.63, 3.8) is 0 Å². The molecule has 5 aliphatic rings. The first-order chi connectivity index (χ1) is 30.3. The van der Waals surface area contributed by atoms with Gasteiger partial charge in [0, 0.05) is 55.4 Å². The molecule has 3 N–H and O–H groups in total. The van der Waals surface area contributed by atoms with Crippen LogP contribution in [-0.4, -0.2) is 80.5 Å². The van der Waals surface area contributed by atoms with Gasteiger partial charge in [0.25, 0.3) is 15.9 Å². The van der Waals surface area contributed by atoms with Crippen LogP contribution >= 0.6 is 11.3 Å². The average molecular weight is 888 g/mol. The number of nitrogens with zero attached hydrogens (tertiary/aromatic N) is 9. The fraction of sp³-hybridized carbons (Fsp3) is 0.422. The zero-order chi connectivity index (χ0) is 43.6. The summed E-state index contributed by atoms with van der Waals surface area (Å²) in [4.78, 5) is 44.1. The van der Waals surface area contributed by atoms with Gasteiger partial charge in [-0.3, -0.25) is 14.3 Å². The number of hydrogen-bond acceptors (Lipinski definition) is 14. The molecule has 0 unspecified atom stereocenters. The van der Waals surface area contributed by atoms with Crippen molar-refractivity contribution < 1.29 is 23.1 Å². The molecule has 63 heavy (non-hydrogen) atoms. The molecule has 1 amide bonds. The lowest BCUT2D eigenvalue weighted by Crippen LogP contribution is -2.48. The first kappa shape index (κ1) is 41.0. The minimum absolute atomic E-state index is 0.0780. The molecule has 18 heteroatoms. The van der Waals surface area contributed by atoms with Crippen LogP contribution in [0.25, 0.3) is 21.5 Å². The van der Waals surface area contributed by atoms with Crippen molar-refractivity contribution in [2.45, 2.75) is 76.7 Å². The third-order valence-corrected chi connectivity index (χ3v) is 16.0. The first-order valence-electron chi connectivity index (χ1n) is 21.6. The van der Waals surface area contributed by atoms with Crippen molar-refractivity contribution in [2.24, 2.45) is 29.1 Å². The summed E-state index contributed by atoms with van der Waals surface area (Å²) in [5, 5.41) is 27.1. The van der Waals surface area contributed by atoms with Crippen LogP contribution in [0, 0.1) is 42.9 Å². The van der Waals surface area contributed by atoms with Gasteiger partial charge in [0.15, 0.2) is 16.8 Å². The quantitative estimate of drug-likeness (QED) is 0.109. The lowest BCUT2D eigenvalue weighted by molar-refractivity contribution is -0.142. The van der Waals surface area contributed by atoms with E-state index in [4.69, 9.17) is 10.1 Å². The number of carboxylic acid groups (broad SMARTS) is 1. The molecule has 1 aliphatic heterocycles. The highest BCUT2D eigenvalue weighted by molar-refractivity contribution is 7.90. The van der Waals surface area contributed by atoms with Crippen LogP contribution in [0.4, 0.5) is 28.3 Å². The van der Waals surface area contributed by atoms with Gasteiger partial charge in [-0.1, -0.05) is 11.3 Å². The number of carbonyl (C=O) groups is 2. The lowest BCUT2D eigenvalue weighted by atomic mass is 9.49. The molecular formula is C45H49N11O5S2. The van der Waals surface area contributed by atoms with Crippen molar-refractivity contribution in [3.8, 4) is 11.1 Å². The molecule has 0 atom stereocenters. The Balaban J connectivity index is 0.934. The van der Waals surface area contributed by atoms with E-state index in [0.717, 1.165) is 51.6 Å². The molecule has 4 bridgehead atoms. The van der Waals surface area contributed by atoms with Gasteiger partial charge in [-0.15, -0.1) is 10.2 Å². The maximum Gasteiger partial charge on any atom is 0.306 e. The predicted octanol–water partition coefficient (Wildman–Crippen LogP) is 7.50. The van der Waals surface area contributed by atoms with Crippen LogP contribution < -0.4 is 19.8 Å². The van der Waals surface area contributed by atoms with E-state index in [1.165, 1.54) is 62.0 Å². The van der Waals surface area contributed by atoms with Gasteiger partial charge < -0.3 is 20.2 Å². The van der Waals surface area contributed by atoms with Crippen LogP contribution in [0.15, 0.2) is 71.9 Å². The molecule has 5 aromatic heterocycles. The van der Waals surface area contributed by atoms with Gasteiger partial charge in [-0.25, -0.2) is 28.1 Å². The number of nitrogens with one attached hydrogen (secondary N) is 2. The summed E-state index contributed by atoms with van der Waals surface area (Å²) in [7, 11) is -2.59. The fourth-order valence-electron chi connectivity index (χ4n) is 10.9. The number of amides is 1. The van der Waals surface area contributed by atoms with Crippen molar-refractivity contribution >= 4 is 71.9 Å². The Hall–Kier alpha value is -6.01. The van der Waals surface area contributed by atoms with Crippen LogP contribution in [0.1, 0.15) is 73.1 Å². The number of aromatic nitrogens is 7. The smallest absolute Gasteiger partial charge is 0.306 e. The number of piperidine rings is 1. The van der Waals surface area contributed by atoms with Gasteiger partial charge >= 0.3 is 5.97 Å². The Kier molecular flexibility index (Phi) is 10.4. The Bertz CT molecular complexity index is 2790. The molecule has 4 saturated carbocycles. The second-order valence-electron chi connectivity index (χ2n) is 18.1. The standard InChI is InChI=1S/C45H49N11O5S2/c1-26-17-38(51-52-40(26)50-44-48-36-5-4-14-46-42(36)62-44)54(3)37-11-10-34(35-24-47-56(27(35)2)25-45-21-28-18-29(22-45)20-30(19-28)23-45)39(49-37)41(57)53-63(60,61)33-8-6-32(7-9-33)55-15-12-31(13-16-55)43(58)59/h4-11,14,17,24,28-31H,12-13,15-16,18-23,25H2,1-3H3,(H,53,57)(H,58,59)(H,48,50,52). The van der Waals surface area contributed by atoms with Crippen LogP contribution in [0.3, 0.4) is 0 Å². The molecule has 6 aromatic rings. The van der Waals surface area contributed by atoms with Gasteiger partial charge in [-0.2, -0.15) is 5.10 Å². The van der Waals surface area contributed by atoms with Gasteiger partial charge in [-0.05, 0) is 149 Å². The average Bonchev–Trinajstić information content (AvgIpc) is 3.84. The summed E-state index contributed by atoms with van der Waals surface area (Å²) < 4.78 is 32.1. The van der Waals surface area contributed by atoms with Crippen molar-refractivity contribution in [1.82, 2.24) is 39.7 Å². The third-order valence-electron chi connectivity index (χ3n) is 13.8. The number of benzene rings is 1. The van der Waals surface area contributed by atoms with E-state index in [0.29, 0.717) is 59.6 Å². The summed E-state index contributed by atoms with van der Waals surface area (Å²) in [5.74, 6) is 1.64. The highest BCUT2D eigenvalue weighted by Crippen LogP contribution is 2.60. The fourth-order valence-corrected chi connectivity index (χ4v) is 12.7. The van der Waals surface area contributed by atoms with Crippen LogP contribution in [-0.2, 0) is 21.4 Å². The second kappa shape index (κ2) is 16.0. The zero-order valence-corrected chi connectivity index (χ0v) is 37.0. The molecular weight excluding hydrogens is 839 g/mol. The highest BCUT2D eigenvalue weighted by Gasteiger charge is 2.51. The van der Waals surface area contributed by atoms with Crippen LogP contribution in [0.5, 0.6) is 0 Å². The number of thiazole rings is 1. The summed E-state index contributed by atoms with van der Waals surface area (Å²) >= 11 is 1.41. The normalized spacial score (nSPS) is 22.1. The molecule has 0 radical (unpaired) electrons. The minimum atomic E-state index is -4.35. The predicted molar refractivity (Wildman–Crippen MR) is 240 cm³/mol. The summed E-state index contributed by atoms with van der Waals surface area (Å²) in [5.41, 5.74) is 4.55. The molecule has 16 nitrogen and oxygen atoms in total. The molecule has 1 aromatic carbocycles. The number of aryl methyl sites for hydroxylation is 1. The van der Waals surface area contributed by atoms with E-state index >= 15 is 0 Å². The molecule has 6 heterocycles. The highest BCUT2D eigenvalue weighted by atomic mass is 32.2. The second-order valence-corrected chi connectivity index (χ2v) is 20.7. The van der Waals surface area contributed by atoms with Crippen molar-refractivity contribution in [2.75, 3.05) is 35.3 Å². The maximum atomic E-state index is 14.4. The number of sulfonamides is 1. The van der Waals surface area contributed by atoms with E-state index in [2.05, 4.69) is 34.9 Å². The molecule has 4 aliphatic carbocycles. The zero-order valence-electron chi connectivity index (χ0n) is 35.4. The number of carboxylic acids is 1. The minimum Gasteiger partial charge on any atom is -0.481 e. The molecule has 11 rings (SSSR count). The number of carbonyl (C=O) groups excluding carboxylic acids is 1. The van der Waals surface area contributed by atoms with Gasteiger partial charge in [0.2, 0.25) is 0 Å². The van der Waals surface area contributed by atoms with Crippen molar-refractivity contribution in [3.05, 3.63) is 83.9 Å². The van der Waals surface area contributed by atoms with E-state index in [9.17, 15) is 23.1 Å². The number of hydrogen-bond donors (Lipinski definition) is 3. The van der Waals surface area contributed by atoms with E-state index in [1.807, 2.05) is 36.9 Å². The van der Waals surface area contributed by atoms with E-state index < -0.39 is 21.9 Å². The SMILES string of the molecule is Cc1cc(N(C)c2ccc(-c3cnn(CC45CC6CC(CC(C6)C4)C5)c3C)c(C(=O)NS(=O)(=O)c3ccc(N4CCC(C(=O)O)CC4)cc3)n2)nnc1Nc1nc2cccnc2s1. The summed E-state index contributed by atoms with van der Waals surface area (Å²) in [6.45, 7) is 5.82. The van der Waals surface area contributed by atoms with Gasteiger partial charge in [0.1, 0.15) is 21.9 Å². The largest absolute Gasteiger partial charge is 0.481 e.